The summed E-state index contributed by atoms with van der Waals surface area (Å²) < 4.78 is 14.0. The Morgan fingerprint density at radius 2 is 1.88 bits per heavy atom. The third-order valence-corrected chi connectivity index (χ3v) is 5.33. The highest BCUT2D eigenvalue weighted by Crippen LogP contribution is 2.39. The van der Waals surface area contributed by atoms with Gasteiger partial charge >= 0.3 is 0 Å². The lowest BCUT2D eigenvalue weighted by molar-refractivity contribution is 0.217. The number of likely N-dealkylation sites (N-methyl/N-ethyl adjacent to an activating group) is 1. The highest BCUT2D eigenvalue weighted by molar-refractivity contribution is 6.48. The van der Waals surface area contributed by atoms with Gasteiger partial charge in [0.1, 0.15) is 5.82 Å². The van der Waals surface area contributed by atoms with E-state index in [-0.39, 0.29) is 11.1 Å². The number of halogens is 2. The standard InChI is InChI=1S/C18H21ClFN5/c1-11-10-25-16-8-13(19)14(20)9-15(16)22-17(18(25)21-12(11)2)24-6-4-23(3)5-7-24/h8-10,12H,4-7H2,1-3H3. The van der Waals surface area contributed by atoms with Crippen molar-refractivity contribution in [1.82, 2.24) is 9.80 Å². The van der Waals surface area contributed by atoms with Crippen LogP contribution in [0.4, 0.5) is 15.8 Å². The number of rotatable bonds is 0. The Morgan fingerprint density at radius 1 is 1.16 bits per heavy atom. The summed E-state index contributed by atoms with van der Waals surface area (Å²) in [6.45, 7) is 7.83. The highest BCUT2D eigenvalue weighted by atomic mass is 35.5. The van der Waals surface area contributed by atoms with Gasteiger partial charge in [-0.05, 0) is 32.5 Å². The molecule has 25 heavy (non-hydrogen) atoms. The molecule has 1 aromatic carbocycles. The summed E-state index contributed by atoms with van der Waals surface area (Å²) in [5.74, 6) is 1.18. The van der Waals surface area contributed by atoms with Crippen molar-refractivity contribution in [2.75, 3.05) is 38.1 Å². The number of aliphatic imine (C=N–C) groups is 2. The van der Waals surface area contributed by atoms with E-state index < -0.39 is 5.82 Å². The molecule has 3 heterocycles. The molecule has 0 aromatic heterocycles. The summed E-state index contributed by atoms with van der Waals surface area (Å²) in [5, 5.41) is 0.0982. The van der Waals surface area contributed by atoms with Crippen LogP contribution in [0.1, 0.15) is 13.8 Å². The number of hydrogen-bond acceptors (Lipinski definition) is 5. The van der Waals surface area contributed by atoms with Crippen LogP contribution in [0.5, 0.6) is 0 Å². The van der Waals surface area contributed by atoms with E-state index in [2.05, 4.69) is 36.9 Å². The largest absolute Gasteiger partial charge is 0.351 e. The monoisotopic (exact) mass is 361 g/mol. The third kappa shape index (κ3) is 2.83. The Balaban J connectivity index is 1.83. The van der Waals surface area contributed by atoms with Gasteiger partial charge < -0.3 is 9.80 Å². The van der Waals surface area contributed by atoms with Crippen LogP contribution in [0.25, 0.3) is 0 Å². The summed E-state index contributed by atoms with van der Waals surface area (Å²) in [6, 6.07) is 3.14. The molecule has 4 rings (SSSR count). The maximum atomic E-state index is 14.0. The van der Waals surface area contributed by atoms with E-state index in [0.29, 0.717) is 5.69 Å². The Hall–Kier alpha value is -1.92. The number of fused-ring (bicyclic) bond motifs is 3. The van der Waals surface area contributed by atoms with E-state index in [0.717, 1.165) is 49.1 Å². The van der Waals surface area contributed by atoms with Gasteiger partial charge in [0, 0.05) is 38.4 Å². The number of benzene rings is 1. The van der Waals surface area contributed by atoms with Crippen LogP contribution in [0.3, 0.4) is 0 Å². The maximum absolute atomic E-state index is 14.0. The van der Waals surface area contributed by atoms with Gasteiger partial charge in [-0.3, -0.25) is 9.89 Å². The molecule has 7 heteroatoms. The van der Waals surface area contributed by atoms with E-state index in [4.69, 9.17) is 21.6 Å². The van der Waals surface area contributed by atoms with Crippen LogP contribution in [0, 0.1) is 5.82 Å². The molecular weight excluding hydrogens is 341 g/mol. The molecule has 1 saturated heterocycles. The second kappa shape index (κ2) is 6.11. The lowest BCUT2D eigenvalue weighted by Gasteiger charge is -2.40. The smallest absolute Gasteiger partial charge is 0.176 e. The third-order valence-electron chi connectivity index (χ3n) is 5.04. The lowest BCUT2D eigenvalue weighted by atomic mass is 10.1. The van der Waals surface area contributed by atoms with Crippen molar-refractivity contribution in [2.45, 2.75) is 19.9 Å². The van der Waals surface area contributed by atoms with Gasteiger partial charge in [0.05, 0.1) is 22.4 Å². The Bertz CT molecular complexity index is 808. The summed E-state index contributed by atoms with van der Waals surface area (Å²) in [4.78, 5) is 16.2. The first-order chi connectivity index (χ1) is 11.9. The fourth-order valence-corrected chi connectivity index (χ4v) is 3.43. The second-order valence-corrected chi connectivity index (χ2v) is 7.26. The minimum absolute atomic E-state index is 0.0982. The minimum Gasteiger partial charge on any atom is -0.351 e. The van der Waals surface area contributed by atoms with Crippen LogP contribution >= 0.6 is 11.6 Å². The molecule has 3 aliphatic heterocycles. The number of amidine groups is 2. The molecule has 0 bridgehead atoms. The van der Waals surface area contributed by atoms with Crippen molar-refractivity contribution in [3.05, 3.63) is 34.7 Å². The van der Waals surface area contributed by atoms with Gasteiger partial charge in [-0.1, -0.05) is 11.6 Å². The van der Waals surface area contributed by atoms with Crippen molar-refractivity contribution in [3.63, 3.8) is 0 Å². The average Bonchev–Trinajstić information content (AvgIpc) is 2.58. The van der Waals surface area contributed by atoms with E-state index >= 15 is 0 Å². The Morgan fingerprint density at radius 3 is 2.60 bits per heavy atom. The zero-order chi connectivity index (χ0) is 17.7. The molecule has 132 valence electrons. The van der Waals surface area contributed by atoms with E-state index in [1.807, 2.05) is 4.90 Å². The van der Waals surface area contributed by atoms with Gasteiger partial charge in [0.2, 0.25) is 0 Å². The fourth-order valence-electron chi connectivity index (χ4n) is 3.27. The molecule has 1 fully saturated rings. The van der Waals surface area contributed by atoms with E-state index in [1.165, 1.54) is 6.07 Å². The Labute approximate surface area is 152 Å². The van der Waals surface area contributed by atoms with Crippen molar-refractivity contribution in [2.24, 2.45) is 9.98 Å². The second-order valence-electron chi connectivity index (χ2n) is 6.85. The first-order valence-electron chi connectivity index (χ1n) is 8.51. The summed E-state index contributed by atoms with van der Waals surface area (Å²) in [7, 11) is 2.12. The molecule has 0 radical (unpaired) electrons. The van der Waals surface area contributed by atoms with Crippen LogP contribution in [0.2, 0.25) is 5.02 Å². The molecule has 0 spiro atoms. The molecule has 3 aliphatic rings. The molecule has 1 atom stereocenters. The number of anilines is 1. The van der Waals surface area contributed by atoms with Crippen LogP contribution in [0.15, 0.2) is 33.9 Å². The molecular formula is C18H21ClFN5. The van der Waals surface area contributed by atoms with Gasteiger partial charge in [-0.15, -0.1) is 0 Å². The molecule has 1 unspecified atom stereocenters. The van der Waals surface area contributed by atoms with Crippen LogP contribution in [-0.4, -0.2) is 60.7 Å². The minimum atomic E-state index is -0.451. The zero-order valence-corrected chi connectivity index (χ0v) is 15.4. The molecule has 0 amide bonds. The van der Waals surface area contributed by atoms with Crippen molar-refractivity contribution in [3.8, 4) is 0 Å². The van der Waals surface area contributed by atoms with Crippen molar-refractivity contribution >= 4 is 34.6 Å². The predicted octanol–water partition coefficient (Wildman–Crippen LogP) is 3.28. The van der Waals surface area contributed by atoms with Gasteiger partial charge in [-0.2, -0.15) is 0 Å². The number of piperazine rings is 1. The molecule has 0 N–H and O–H groups in total. The quantitative estimate of drug-likeness (QED) is 0.711. The normalized spacial score (nSPS) is 23.6. The first kappa shape index (κ1) is 16.5. The van der Waals surface area contributed by atoms with Crippen LogP contribution < -0.4 is 4.90 Å². The van der Waals surface area contributed by atoms with Crippen LogP contribution in [-0.2, 0) is 0 Å². The lowest BCUT2D eigenvalue weighted by Crippen LogP contribution is -2.53. The van der Waals surface area contributed by atoms with Gasteiger partial charge in [0.25, 0.3) is 0 Å². The van der Waals surface area contributed by atoms with Gasteiger partial charge in [-0.25, -0.2) is 9.38 Å². The summed E-state index contributed by atoms with van der Waals surface area (Å²) in [5.41, 5.74) is 2.51. The molecule has 1 aromatic rings. The zero-order valence-electron chi connectivity index (χ0n) is 14.6. The van der Waals surface area contributed by atoms with Gasteiger partial charge in [0.15, 0.2) is 11.7 Å². The van der Waals surface area contributed by atoms with E-state index in [9.17, 15) is 4.39 Å². The first-order valence-corrected chi connectivity index (χ1v) is 8.89. The fraction of sp³-hybridized carbons (Fsp3) is 0.444. The van der Waals surface area contributed by atoms with E-state index in [1.54, 1.807) is 6.07 Å². The van der Waals surface area contributed by atoms with Crippen molar-refractivity contribution < 1.29 is 4.39 Å². The molecule has 0 aliphatic carbocycles. The van der Waals surface area contributed by atoms with Crippen molar-refractivity contribution in [1.29, 1.82) is 0 Å². The average molecular weight is 362 g/mol. The predicted molar refractivity (Wildman–Crippen MR) is 101 cm³/mol. The molecule has 5 nitrogen and oxygen atoms in total. The highest BCUT2D eigenvalue weighted by Gasteiger charge is 2.33. The molecule has 0 saturated carbocycles. The maximum Gasteiger partial charge on any atom is 0.176 e. The number of hydrogen-bond donors (Lipinski definition) is 0. The number of nitrogens with zero attached hydrogens (tertiary/aromatic N) is 5. The Kier molecular flexibility index (Phi) is 4.04. The summed E-state index contributed by atoms with van der Waals surface area (Å²) in [6.07, 6.45) is 2.06. The SMILES string of the molecule is CC1=CN2C(=NC1C)C(N1CCN(C)CC1)=Nc1cc(F)c(Cl)cc12. The summed E-state index contributed by atoms with van der Waals surface area (Å²) >= 11 is 6.02. The topological polar surface area (TPSA) is 34.4 Å².